The van der Waals surface area contributed by atoms with Crippen molar-refractivity contribution in [2.24, 2.45) is 34.3 Å². The summed E-state index contributed by atoms with van der Waals surface area (Å²) in [6.45, 7) is 16.0. The molecule has 1 unspecified atom stereocenters. The van der Waals surface area contributed by atoms with E-state index in [9.17, 15) is 19.2 Å². The maximum atomic E-state index is 13.6. The molecular formula is C24H41N5O5. The normalized spacial score (nSPS) is 28.6. The molecule has 0 aromatic carbocycles. The van der Waals surface area contributed by atoms with E-state index >= 15 is 0 Å². The Bertz CT molecular complexity index is 859. The Morgan fingerprint density at radius 2 is 1.85 bits per heavy atom. The number of rotatable bonds is 4. The first-order chi connectivity index (χ1) is 15.4. The Balaban J connectivity index is 1.82. The Hall–Kier alpha value is -2.36. The van der Waals surface area contributed by atoms with Gasteiger partial charge in [-0.15, -0.1) is 0 Å². The maximum absolute atomic E-state index is 13.6. The van der Waals surface area contributed by atoms with Crippen LogP contribution in [0.5, 0.6) is 0 Å². The molecule has 192 valence electrons. The maximum Gasteiger partial charge on any atom is 0.429 e. The molecule has 3 aliphatic rings. The van der Waals surface area contributed by atoms with Crippen molar-refractivity contribution in [1.29, 1.82) is 0 Å². The van der Waals surface area contributed by atoms with Crippen LogP contribution in [-0.4, -0.2) is 71.0 Å². The summed E-state index contributed by atoms with van der Waals surface area (Å²) in [7, 11) is 0. The number of nitrogens with zero attached hydrogens (tertiary/aromatic N) is 2. The van der Waals surface area contributed by atoms with E-state index in [-0.39, 0.29) is 35.6 Å². The van der Waals surface area contributed by atoms with E-state index in [1.165, 1.54) is 0 Å². The van der Waals surface area contributed by atoms with Crippen molar-refractivity contribution in [2.75, 3.05) is 19.6 Å². The molecule has 3 fully saturated rings. The zero-order valence-corrected chi connectivity index (χ0v) is 21.7. The van der Waals surface area contributed by atoms with Gasteiger partial charge >= 0.3 is 6.09 Å². The molecule has 0 aromatic rings. The number of hydrogen-bond donors (Lipinski definition) is 3. The van der Waals surface area contributed by atoms with Crippen LogP contribution < -0.4 is 16.5 Å². The van der Waals surface area contributed by atoms with Gasteiger partial charge in [0.15, 0.2) is 0 Å². The molecule has 5 atom stereocenters. The lowest BCUT2D eigenvalue weighted by molar-refractivity contribution is -0.145. The number of fused-ring (bicyclic) bond motifs is 1. The second-order valence-corrected chi connectivity index (χ2v) is 12.6. The number of hydrazine groups is 1. The number of amides is 4. The number of hydrogen-bond acceptors (Lipinski definition) is 6. The van der Waals surface area contributed by atoms with E-state index in [1.807, 2.05) is 20.8 Å². The van der Waals surface area contributed by atoms with Crippen LogP contribution in [-0.2, 0) is 19.1 Å². The van der Waals surface area contributed by atoms with Gasteiger partial charge in [-0.05, 0) is 49.9 Å². The highest BCUT2D eigenvalue weighted by molar-refractivity contribution is 5.92. The number of nitrogens with two attached hydrogens (primary N) is 1. The predicted molar refractivity (Wildman–Crippen MR) is 126 cm³/mol. The largest absolute Gasteiger partial charge is 0.442 e. The van der Waals surface area contributed by atoms with Crippen LogP contribution >= 0.6 is 0 Å². The summed E-state index contributed by atoms with van der Waals surface area (Å²) < 4.78 is 5.48. The summed E-state index contributed by atoms with van der Waals surface area (Å²) in [6, 6.07) is -1.50. The van der Waals surface area contributed by atoms with Crippen LogP contribution in [0.3, 0.4) is 0 Å². The van der Waals surface area contributed by atoms with Crippen LogP contribution in [0, 0.1) is 28.6 Å². The monoisotopic (exact) mass is 479 g/mol. The van der Waals surface area contributed by atoms with Crippen molar-refractivity contribution < 1.29 is 23.9 Å². The number of ether oxygens (including phenoxy) is 1. The van der Waals surface area contributed by atoms with Crippen molar-refractivity contribution in [1.82, 2.24) is 20.7 Å². The number of carbonyl (C=O) groups is 4. The molecule has 10 heteroatoms. The van der Waals surface area contributed by atoms with Crippen LogP contribution in [0.15, 0.2) is 0 Å². The van der Waals surface area contributed by atoms with Gasteiger partial charge in [0.2, 0.25) is 11.8 Å². The van der Waals surface area contributed by atoms with Gasteiger partial charge in [0.05, 0.1) is 18.5 Å². The average molecular weight is 480 g/mol. The third-order valence-electron chi connectivity index (χ3n) is 7.38. The third kappa shape index (κ3) is 5.16. The van der Waals surface area contributed by atoms with Gasteiger partial charge in [-0.1, -0.05) is 34.6 Å². The SMILES string of the molecule is CC(C)(C)OC(=O)N(C[C@@H]1CCNC1=O)NC(=O)[C@@H]1[C@@H]2[C@H](CN1C(=O)C(N)C(C)(C)C)C2(C)C. The van der Waals surface area contributed by atoms with Gasteiger partial charge in [-0.2, -0.15) is 0 Å². The first kappa shape index (κ1) is 26.2. The molecule has 0 radical (unpaired) electrons. The highest BCUT2D eigenvalue weighted by Gasteiger charge is 2.69. The van der Waals surface area contributed by atoms with Crippen LogP contribution in [0.2, 0.25) is 0 Å². The molecule has 1 saturated carbocycles. The predicted octanol–water partition coefficient (Wildman–Crippen LogP) is 1.25. The Labute approximate surface area is 202 Å². The van der Waals surface area contributed by atoms with E-state index in [4.69, 9.17) is 10.5 Å². The van der Waals surface area contributed by atoms with Crippen LogP contribution in [0.4, 0.5) is 4.79 Å². The first-order valence-electron chi connectivity index (χ1n) is 12.1. The van der Waals surface area contributed by atoms with E-state index in [2.05, 4.69) is 24.6 Å². The second-order valence-electron chi connectivity index (χ2n) is 12.6. The van der Waals surface area contributed by atoms with E-state index in [0.29, 0.717) is 19.5 Å². The van der Waals surface area contributed by atoms with Crippen LogP contribution in [0.1, 0.15) is 61.8 Å². The molecular weight excluding hydrogens is 438 g/mol. The van der Waals surface area contributed by atoms with Crippen molar-refractivity contribution in [3.05, 3.63) is 0 Å². The highest BCUT2D eigenvalue weighted by atomic mass is 16.6. The summed E-state index contributed by atoms with van der Waals surface area (Å²) in [4.78, 5) is 53.5. The van der Waals surface area contributed by atoms with Gasteiger partial charge in [0.25, 0.3) is 5.91 Å². The molecule has 3 rings (SSSR count). The molecule has 4 amide bonds. The molecule has 1 aliphatic carbocycles. The molecule has 0 aromatic heterocycles. The molecule has 2 saturated heterocycles. The zero-order valence-electron chi connectivity index (χ0n) is 21.7. The number of nitrogens with one attached hydrogen (secondary N) is 2. The van der Waals surface area contributed by atoms with Crippen molar-refractivity contribution in [3.63, 3.8) is 0 Å². The molecule has 0 spiro atoms. The lowest BCUT2D eigenvalue weighted by atomic mass is 9.86. The molecule has 34 heavy (non-hydrogen) atoms. The summed E-state index contributed by atoms with van der Waals surface area (Å²) >= 11 is 0. The fraction of sp³-hybridized carbons (Fsp3) is 0.833. The van der Waals surface area contributed by atoms with Gasteiger partial charge < -0.3 is 20.7 Å². The van der Waals surface area contributed by atoms with E-state index < -0.39 is 41.0 Å². The Kier molecular flexibility index (Phi) is 6.71. The van der Waals surface area contributed by atoms with Crippen molar-refractivity contribution in [3.8, 4) is 0 Å². The van der Waals surface area contributed by atoms with E-state index in [0.717, 1.165) is 5.01 Å². The van der Waals surface area contributed by atoms with Crippen molar-refractivity contribution >= 4 is 23.8 Å². The minimum Gasteiger partial charge on any atom is -0.442 e. The average Bonchev–Trinajstić information content (AvgIpc) is 3.06. The number of piperidine rings is 1. The minimum atomic E-state index is -0.781. The summed E-state index contributed by atoms with van der Waals surface area (Å²) in [5, 5.41) is 3.83. The summed E-state index contributed by atoms with van der Waals surface area (Å²) in [5.74, 6) is -1.19. The highest BCUT2D eigenvalue weighted by Crippen LogP contribution is 2.65. The molecule has 2 aliphatic heterocycles. The quantitative estimate of drug-likeness (QED) is 0.520. The number of likely N-dealkylation sites (tertiary alicyclic amines) is 1. The van der Waals surface area contributed by atoms with Gasteiger partial charge in [-0.25, -0.2) is 9.80 Å². The lowest BCUT2D eigenvalue weighted by Crippen LogP contribution is -2.60. The summed E-state index contributed by atoms with van der Waals surface area (Å²) in [6.07, 6.45) is -0.186. The first-order valence-corrected chi connectivity index (χ1v) is 12.1. The van der Waals surface area contributed by atoms with E-state index in [1.54, 1.807) is 25.7 Å². The van der Waals surface area contributed by atoms with Gasteiger partial charge in [0, 0.05) is 13.1 Å². The minimum absolute atomic E-state index is 0.00779. The molecule has 10 nitrogen and oxygen atoms in total. The molecule has 2 heterocycles. The second kappa shape index (κ2) is 8.70. The van der Waals surface area contributed by atoms with Crippen molar-refractivity contribution in [2.45, 2.75) is 79.5 Å². The topological polar surface area (TPSA) is 134 Å². The lowest BCUT2D eigenvalue weighted by Gasteiger charge is -2.36. The van der Waals surface area contributed by atoms with Gasteiger partial charge in [0.1, 0.15) is 11.6 Å². The third-order valence-corrected chi connectivity index (χ3v) is 7.38. The summed E-state index contributed by atoms with van der Waals surface area (Å²) in [5.41, 5.74) is 7.62. The zero-order chi connectivity index (χ0) is 25.8. The number of carbonyl (C=O) groups excluding carboxylic acids is 4. The molecule has 4 N–H and O–H groups in total. The Morgan fingerprint density at radius 3 is 2.35 bits per heavy atom. The van der Waals surface area contributed by atoms with Crippen LogP contribution in [0.25, 0.3) is 0 Å². The van der Waals surface area contributed by atoms with Gasteiger partial charge in [-0.3, -0.25) is 19.8 Å². The fourth-order valence-electron chi connectivity index (χ4n) is 5.08. The fourth-order valence-corrected chi connectivity index (χ4v) is 5.08. The molecule has 0 bridgehead atoms. The smallest absolute Gasteiger partial charge is 0.429 e. The standard InChI is InChI=1S/C24H41N5O5/c1-22(2,3)17(25)20(32)28-12-14-15(24(14,7)8)16(28)19(31)27-29(21(33)34-23(4,5)6)11-13-9-10-26-18(13)30/h13-17H,9-12,25H2,1-8H3,(H,26,30)(H,27,31)/t13-,14-,15-,16-,17?/m0/s1. The Morgan fingerprint density at radius 1 is 1.24 bits per heavy atom.